The average molecular weight is 531 g/mol. The fourth-order valence-electron chi connectivity index (χ4n) is 5.36. The molecule has 6 rings (SSSR count). The molecule has 1 saturated heterocycles. The number of methoxy groups -OCH3 is 1. The minimum atomic E-state index is -0.754. The molecular weight excluding hydrogens is 504 g/mol. The van der Waals surface area contributed by atoms with Crippen LogP contribution in [0.15, 0.2) is 71.8 Å². The maximum absolute atomic E-state index is 14.5. The summed E-state index contributed by atoms with van der Waals surface area (Å²) < 4.78 is 7.04. The number of anilines is 2. The average Bonchev–Trinajstić information content (AvgIpc) is 2.96. The zero-order valence-corrected chi connectivity index (χ0v) is 22.3. The molecule has 5 aromatic rings. The monoisotopic (exact) mass is 530 g/mol. The van der Waals surface area contributed by atoms with Gasteiger partial charge in [0.15, 0.2) is 5.82 Å². The number of hydrogen-bond donors (Lipinski definition) is 1. The molecule has 1 atom stereocenters. The van der Waals surface area contributed by atoms with Gasteiger partial charge in [0.2, 0.25) is 5.95 Å². The zero-order chi connectivity index (χ0) is 28.0. The lowest BCUT2D eigenvalue weighted by Gasteiger charge is -2.51. The van der Waals surface area contributed by atoms with Crippen LogP contribution >= 0.6 is 0 Å². The van der Waals surface area contributed by atoms with Crippen molar-refractivity contribution in [3.05, 3.63) is 94.4 Å². The number of nitrogens with zero attached hydrogens (tertiary/aromatic N) is 7. The van der Waals surface area contributed by atoms with Crippen LogP contribution in [-0.4, -0.2) is 38.2 Å². The van der Waals surface area contributed by atoms with Crippen LogP contribution < -0.4 is 20.9 Å². The van der Waals surface area contributed by atoms with Crippen LogP contribution in [0.3, 0.4) is 0 Å². The highest BCUT2D eigenvalue weighted by molar-refractivity contribution is 5.94. The Morgan fingerprint density at radius 1 is 1.07 bits per heavy atom. The molecule has 10 heteroatoms. The van der Waals surface area contributed by atoms with Crippen molar-refractivity contribution in [2.24, 2.45) is 0 Å². The molecule has 0 saturated carbocycles. The highest BCUT2D eigenvalue weighted by Gasteiger charge is 2.48. The molecule has 2 aromatic carbocycles. The fraction of sp³-hybridized carbons (Fsp3) is 0.200. The maximum atomic E-state index is 14.5. The van der Waals surface area contributed by atoms with E-state index in [1.165, 1.54) is 0 Å². The maximum Gasteiger partial charge on any atom is 0.266 e. The molecule has 1 fully saturated rings. The van der Waals surface area contributed by atoms with Crippen molar-refractivity contribution in [1.82, 2.24) is 24.5 Å². The third-order valence-corrected chi connectivity index (χ3v) is 7.53. The zero-order valence-electron chi connectivity index (χ0n) is 22.3. The Labute approximate surface area is 230 Å². The molecule has 10 nitrogen and oxygen atoms in total. The SMILES string of the molecule is COc1cncc(-c2cccc3nc(C4(C)CCN4c4nc(N)nc(C)c4C#N)n(-c4ccccc4)c(=O)c23)c1. The van der Waals surface area contributed by atoms with E-state index >= 15 is 0 Å². The number of benzene rings is 2. The van der Waals surface area contributed by atoms with Crippen molar-refractivity contribution in [2.45, 2.75) is 25.8 Å². The topological polar surface area (TPSA) is 136 Å². The van der Waals surface area contributed by atoms with Crippen LogP contribution in [0, 0.1) is 18.3 Å². The number of nitriles is 1. The number of nitrogens with two attached hydrogens (primary N) is 1. The molecule has 4 heterocycles. The molecule has 0 bridgehead atoms. The predicted octanol–water partition coefficient (Wildman–Crippen LogP) is 4.13. The van der Waals surface area contributed by atoms with E-state index in [0.717, 1.165) is 5.56 Å². The van der Waals surface area contributed by atoms with Gasteiger partial charge in [-0.2, -0.15) is 10.2 Å². The fourth-order valence-corrected chi connectivity index (χ4v) is 5.36. The summed E-state index contributed by atoms with van der Waals surface area (Å²) in [4.78, 5) is 34.5. The summed E-state index contributed by atoms with van der Waals surface area (Å²) in [5, 5.41) is 10.4. The van der Waals surface area contributed by atoms with Crippen molar-refractivity contribution in [3.63, 3.8) is 0 Å². The second-order valence-corrected chi connectivity index (χ2v) is 9.88. The lowest BCUT2D eigenvalue weighted by molar-refractivity contribution is 0.283. The molecule has 3 aromatic heterocycles. The number of ether oxygens (including phenoxy) is 1. The van der Waals surface area contributed by atoms with Gasteiger partial charge < -0.3 is 15.4 Å². The molecule has 0 aliphatic carbocycles. The molecule has 2 N–H and O–H groups in total. The van der Waals surface area contributed by atoms with E-state index in [2.05, 4.69) is 21.0 Å². The van der Waals surface area contributed by atoms with E-state index in [4.69, 9.17) is 15.5 Å². The second-order valence-electron chi connectivity index (χ2n) is 9.88. The Bertz CT molecular complexity index is 1880. The number of nitrogen functional groups attached to an aromatic ring is 1. The lowest BCUT2D eigenvalue weighted by Crippen LogP contribution is -2.58. The van der Waals surface area contributed by atoms with Gasteiger partial charge in [-0.05, 0) is 50.1 Å². The van der Waals surface area contributed by atoms with Crippen LogP contribution in [0.2, 0.25) is 0 Å². The first-order chi connectivity index (χ1) is 19.4. The Hall–Kier alpha value is -5.30. The summed E-state index contributed by atoms with van der Waals surface area (Å²) in [5.74, 6) is 1.66. The largest absolute Gasteiger partial charge is 0.495 e. The molecule has 1 aliphatic rings. The van der Waals surface area contributed by atoms with Gasteiger partial charge in [-0.15, -0.1) is 0 Å². The van der Waals surface area contributed by atoms with Gasteiger partial charge in [0.1, 0.15) is 23.2 Å². The summed E-state index contributed by atoms with van der Waals surface area (Å²) in [7, 11) is 1.58. The van der Waals surface area contributed by atoms with Crippen LogP contribution in [-0.2, 0) is 5.54 Å². The molecule has 1 aliphatic heterocycles. The van der Waals surface area contributed by atoms with Gasteiger partial charge in [0.05, 0.1) is 41.1 Å². The van der Waals surface area contributed by atoms with Crippen molar-refractivity contribution < 1.29 is 4.74 Å². The van der Waals surface area contributed by atoms with Crippen molar-refractivity contribution in [3.8, 4) is 28.6 Å². The van der Waals surface area contributed by atoms with Crippen LogP contribution in [0.4, 0.5) is 11.8 Å². The summed E-state index contributed by atoms with van der Waals surface area (Å²) in [6.07, 6.45) is 4.01. The molecule has 0 radical (unpaired) electrons. The number of hydrogen-bond acceptors (Lipinski definition) is 9. The third kappa shape index (κ3) is 3.82. The number of rotatable bonds is 5. The number of pyridine rings is 1. The first-order valence-electron chi connectivity index (χ1n) is 12.8. The standard InChI is InChI=1S/C30H26N8O2/c1-18-23(15-31)26(36-29(32)34-18)37-13-12-30(37,2)28-35-24-11-7-10-22(19-14-21(40-3)17-33-16-19)25(24)27(39)38(28)20-8-5-4-6-9-20/h4-11,14,16-17H,12-13H2,1-3H3,(H2,32,34,36). The smallest absolute Gasteiger partial charge is 0.266 e. The molecule has 198 valence electrons. The van der Waals surface area contributed by atoms with Crippen molar-refractivity contribution >= 4 is 22.7 Å². The summed E-state index contributed by atoms with van der Waals surface area (Å²) in [6, 6.07) is 19.1. The van der Waals surface area contributed by atoms with E-state index < -0.39 is 5.54 Å². The molecule has 40 heavy (non-hydrogen) atoms. The lowest BCUT2D eigenvalue weighted by atomic mass is 9.84. The molecule has 1 unspecified atom stereocenters. The normalized spacial score (nSPS) is 16.4. The molecule has 0 amide bonds. The second kappa shape index (κ2) is 9.47. The van der Waals surface area contributed by atoms with Gasteiger partial charge in [0, 0.05) is 18.3 Å². The van der Waals surface area contributed by atoms with E-state index in [1.807, 2.05) is 66.4 Å². The minimum Gasteiger partial charge on any atom is -0.495 e. The number of aryl methyl sites for hydroxylation is 1. The van der Waals surface area contributed by atoms with Gasteiger partial charge in [0.25, 0.3) is 5.56 Å². The number of aromatic nitrogens is 5. The predicted molar refractivity (Wildman–Crippen MR) is 152 cm³/mol. The third-order valence-electron chi connectivity index (χ3n) is 7.53. The van der Waals surface area contributed by atoms with Gasteiger partial charge in [-0.1, -0.05) is 30.3 Å². The van der Waals surface area contributed by atoms with Gasteiger partial charge in [-0.25, -0.2) is 9.97 Å². The van der Waals surface area contributed by atoms with Crippen molar-refractivity contribution in [2.75, 3.05) is 24.3 Å². The number of para-hydroxylation sites is 1. The number of fused-ring (bicyclic) bond motifs is 1. The summed E-state index contributed by atoms with van der Waals surface area (Å²) in [5.41, 5.74) is 8.58. The summed E-state index contributed by atoms with van der Waals surface area (Å²) in [6.45, 7) is 4.35. The van der Waals surface area contributed by atoms with E-state index in [1.54, 1.807) is 31.0 Å². The van der Waals surface area contributed by atoms with E-state index in [9.17, 15) is 10.1 Å². The Kier molecular flexibility index (Phi) is 5.92. The Morgan fingerprint density at radius 2 is 1.88 bits per heavy atom. The first-order valence-corrected chi connectivity index (χ1v) is 12.8. The van der Waals surface area contributed by atoms with Crippen molar-refractivity contribution in [1.29, 1.82) is 5.26 Å². The molecular formula is C30H26N8O2. The van der Waals surface area contributed by atoms with Crippen LogP contribution in [0.1, 0.15) is 30.4 Å². The van der Waals surface area contributed by atoms with Crippen LogP contribution in [0.5, 0.6) is 5.75 Å². The van der Waals surface area contributed by atoms with Gasteiger partial charge >= 0.3 is 0 Å². The quantitative estimate of drug-likeness (QED) is 0.356. The molecule has 0 spiro atoms. The van der Waals surface area contributed by atoms with E-state index in [-0.39, 0.29) is 11.5 Å². The van der Waals surface area contributed by atoms with E-state index in [0.29, 0.717) is 63.8 Å². The summed E-state index contributed by atoms with van der Waals surface area (Å²) >= 11 is 0. The Morgan fingerprint density at radius 3 is 2.58 bits per heavy atom. The first kappa shape index (κ1) is 25.0. The van der Waals surface area contributed by atoms with Gasteiger partial charge in [-0.3, -0.25) is 14.3 Å². The Balaban J connectivity index is 1.64. The highest BCUT2D eigenvalue weighted by Crippen LogP contribution is 2.44. The highest BCUT2D eigenvalue weighted by atomic mass is 16.5. The minimum absolute atomic E-state index is 0.0872. The van der Waals surface area contributed by atoms with Crippen LogP contribution in [0.25, 0.3) is 27.7 Å².